The molecule has 0 N–H and O–H groups in total. The fourth-order valence-corrected chi connectivity index (χ4v) is 0.525. The second kappa shape index (κ2) is 6.52. The number of nitrogens with zero attached hydrogens (tertiary/aromatic N) is 1. The van der Waals surface area contributed by atoms with Crippen molar-refractivity contribution in [1.82, 2.24) is 0 Å². The van der Waals surface area contributed by atoms with Gasteiger partial charge in [0.25, 0.3) is 0 Å². The van der Waals surface area contributed by atoms with Gasteiger partial charge in [-0.25, -0.2) is 8.78 Å². The fraction of sp³-hybridized carbons (Fsp3) is 0.500. The van der Waals surface area contributed by atoms with E-state index in [2.05, 4.69) is 18.8 Å². The van der Waals surface area contributed by atoms with Crippen molar-refractivity contribution in [3.63, 3.8) is 0 Å². The Balaban J connectivity index is 4.06. The van der Waals surface area contributed by atoms with E-state index >= 15 is 0 Å². The molecule has 0 amide bonds. The lowest BCUT2D eigenvalue weighted by Crippen LogP contribution is -2.04. The van der Waals surface area contributed by atoms with E-state index in [1.54, 1.807) is 6.21 Å². The Hall–Kier alpha value is -0.990. The van der Waals surface area contributed by atoms with Crippen LogP contribution in [0.25, 0.3) is 0 Å². The summed E-state index contributed by atoms with van der Waals surface area (Å²) in [6.45, 7) is 6.10. The SMILES string of the molecule is CC(C)[C@H](C)C=N/C=C(F)\C=C\F. The molecule has 74 valence electrons. The highest BCUT2D eigenvalue weighted by Gasteiger charge is 2.01. The summed E-state index contributed by atoms with van der Waals surface area (Å²) in [5.41, 5.74) is 0. The Morgan fingerprint density at radius 1 is 1.31 bits per heavy atom. The van der Waals surface area contributed by atoms with Gasteiger partial charge in [-0.15, -0.1) is 0 Å². The summed E-state index contributed by atoms with van der Waals surface area (Å²) in [7, 11) is 0. The molecule has 0 rings (SSSR count). The first-order valence-corrected chi connectivity index (χ1v) is 4.23. The van der Waals surface area contributed by atoms with Crippen molar-refractivity contribution in [3.05, 3.63) is 24.4 Å². The molecule has 0 heterocycles. The summed E-state index contributed by atoms with van der Waals surface area (Å²) in [4.78, 5) is 3.73. The van der Waals surface area contributed by atoms with Gasteiger partial charge in [-0.1, -0.05) is 20.8 Å². The molecule has 0 aromatic heterocycles. The van der Waals surface area contributed by atoms with Crippen LogP contribution in [0.15, 0.2) is 29.4 Å². The predicted octanol–water partition coefficient (Wildman–Crippen LogP) is 3.64. The van der Waals surface area contributed by atoms with Gasteiger partial charge < -0.3 is 0 Å². The van der Waals surface area contributed by atoms with E-state index in [-0.39, 0.29) is 6.33 Å². The molecule has 0 unspecified atom stereocenters. The zero-order valence-corrected chi connectivity index (χ0v) is 8.17. The normalized spacial score (nSPS) is 16.3. The Bertz CT molecular complexity index is 217. The standard InChI is InChI=1S/C10H15F2N/c1-8(2)9(3)6-13-7-10(12)4-5-11/h4-9H,1-3H3/b5-4+,10-7+,13-6?/t9-/m1/s1. The number of aliphatic imine (C=N–C) groups is 1. The maximum Gasteiger partial charge on any atom is 0.143 e. The van der Waals surface area contributed by atoms with E-state index in [0.717, 1.165) is 12.3 Å². The van der Waals surface area contributed by atoms with Gasteiger partial charge >= 0.3 is 0 Å². The maximum absolute atomic E-state index is 12.5. The molecule has 1 atom stereocenters. The molecule has 0 aliphatic carbocycles. The summed E-state index contributed by atoms with van der Waals surface area (Å²) in [6.07, 6.45) is 3.51. The zero-order valence-electron chi connectivity index (χ0n) is 8.17. The number of hydrogen-bond acceptors (Lipinski definition) is 1. The highest BCUT2D eigenvalue weighted by Crippen LogP contribution is 2.06. The van der Waals surface area contributed by atoms with Crippen molar-refractivity contribution in [3.8, 4) is 0 Å². The molecule has 0 saturated carbocycles. The van der Waals surface area contributed by atoms with Crippen molar-refractivity contribution in [1.29, 1.82) is 0 Å². The molecule has 0 saturated heterocycles. The van der Waals surface area contributed by atoms with E-state index in [4.69, 9.17) is 0 Å². The van der Waals surface area contributed by atoms with E-state index < -0.39 is 5.83 Å². The molecule has 1 nitrogen and oxygen atoms in total. The highest BCUT2D eigenvalue weighted by atomic mass is 19.1. The lowest BCUT2D eigenvalue weighted by Gasteiger charge is -2.07. The van der Waals surface area contributed by atoms with Gasteiger partial charge in [0, 0.05) is 12.3 Å². The van der Waals surface area contributed by atoms with Crippen LogP contribution in [-0.2, 0) is 0 Å². The molecule has 0 aromatic carbocycles. The molecular weight excluding hydrogens is 172 g/mol. The van der Waals surface area contributed by atoms with Crippen LogP contribution in [0.3, 0.4) is 0 Å². The largest absolute Gasteiger partial charge is 0.266 e. The number of hydrogen-bond donors (Lipinski definition) is 0. The van der Waals surface area contributed by atoms with Crippen molar-refractivity contribution in [2.45, 2.75) is 20.8 Å². The van der Waals surface area contributed by atoms with Gasteiger partial charge in [0.1, 0.15) is 5.83 Å². The van der Waals surface area contributed by atoms with Crippen LogP contribution in [0.2, 0.25) is 0 Å². The maximum atomic E-state index is 12.5. The molecule has 3 heteroatoms. The number of rotatable bonds is 4. The first-order valence-electron chi connectivity index (χ1n) is 4.23. The summed E-state index contributed by atoms with van der Waals surface area (Å²) in [5, 5.41) is 0. The second-order valence-electron chi connectivity index (χ2n) is 3.21. The van der Waals surface area contributed by atoms with Gasteiger partial charge in [0.05, 0.1) is 12.5 Å². The quantitative estimate of drug-likeness (QED) is 0.470. The minimum atomic E-state index is -0.685. The zero-order chi connectivity index (χ0) is 10.3. The molecule has 0 bridgehead atoms. The lowest BCUT2D eigenvalue weighted by atomic mass is 10.00. The lowest BCUT2D eigenvalue weighted by molar-refractivity contribution is 0.540. The number of allylic oxidation sites excluding steroid dienone is 2. The van der Waals surface area contributed by atoms with Crippen molar-refractivity contribution >= 4 is 6.21 Å². The van der Waals surface area contributed by atoms with Gasteiger partial charge in [-0.05, 0) is 11.8 Å². The molecule has 0 aliphatic rings. The minimum Gasteiger partial charge on any atom is -0.266 e. The predicted molar refractivity (Wildman–Crippen MR) is 51.9 cm³/mol. The fourth-order valence-electron chi connectivity index (χ4n) is 0.525. The van der Waals surface area contributed by atoms with Crippen LogP contribution in [0, 0.1) is 11.8 Å². The third kappa shape index (κ3) is 6.20. The van der Waals surface area contributed by atoms with E-state index in [1.807, 2.05) is 6.92 Å². The van der Waals surface area contributed by atoms with Crippen LogP contribution < -0.4 is 0 Å². The Labute approximate surface area is 77.9 Å². The molecule has 0 aliphatic heterocycles. The van der Waals surface area contributed by atoms with Crippen LogP contribution in [-0.4, -0.2) is 6.21 Å². The minimum absolute atomic E-state index is 0.146. The summed E-state index contributed by atoms with van der Waals surface area (Å²) >= 11 is 0. The molecule has 0 aromatic rings. The first-order chi connectivity index (χ1) is 6.07. The van der Waals surface area contributed by atoms with Crippen molar-refractivity contribution in [2.75, 3.05) is 0 Å². The monoisotopic (exact) mass is 187 g/mol. The first kappa shape index (κ1) is 12.0. The van der Waals surface area contributed by atoms with Gasteiger partial charge in [-0.3, -0.25) is 4.99 Å². The highest BCUT2D eigenvalue weighted by molar-refractivity contribution is 5.61. The van der Waals surface area contributed by atoms with E-state index in [1.165, 1.54) is 0 Å². The summed E-state index contributed by atoms with van der Waals surface area (Å²) in [6, 6.07) is 0. The molecule has 0 radical (unpaired) electrons. The molecule has 13 heavy (non-hydrogen) atoms. The molecular formula is C10H15F2N. The Morgan fingerprint density at radius 2 is 1.92 bits per heavy atom. The third-order valence-corrected chi connectivity index (χ3v) is 1.79. The smallest absolute Gasteiger partial charge is 0.143 e. The summed E-state index contributed by atoms with van der Waals surface area (Å²) < 4.78 is 23.9. The van der Waals surface area contributed by atoms with Crippen LogP contribution >= 0.6 is 0 Å². The molecule has 0 fully saturated rings. The Morgan fingerprint density at radius 3 is 2.38 bits per heavy atom. The average molecular weight is 187 g/mol. The number of halogens is 2. The van der Waals surface area contributed by atoms with Crippen molar-refractivity contribution in [2.24, 2.45) is 16.8 Å². The van der Waals surface area contributed by atoms with Crippen molar-refractivity contribution < 1.29 is 8.78 Å². The average Bonchev–Trinajstić information content (AvgIpc) is 2.04. The van der Waals surface area contributed by atoms with Gasteiger partial charge in [0.15, 0.2) is 0 Å². The van der Waals surface area contributed by atoms with Gasteiger partial charge in [0.2, 0.25) is 0 Å². The second-order valence-corrected chi connectivity index (χ2v) is 3.21. The molecule has 0 spiro atoms. The van der Waals surface area contributed by atoms with Gasteiger partial charge in [-0.2, -0.15) is 0 Å². The van der Waals surface area contributed by atoms with Crippen LogP contribution in [0.4, 0.5) is 8.78 Å². The van der Waals surface area contributed by atoms with E-state index in [9.17, 15) is 8.78 Å². The van der Waals surface area contributed by atoms with E-state index in [0.29, 0.717) is 11.8 Å². The van der Waals surface area contributed by atoms with Crippen LogP contribution in [0.1, 0.15) is 20.8 Å². The third-order valence-electron chi connectivity index (χ3n) is 1.79. The topological polar surface area (TPSA) is 12.4 Å². The Kier molecular flexibility index (Phi) is 6.02. The van der Waals surface area contributed by atoms with Crippen LogP contribution in [0.5, 0.6) is 0 Å². The summed E-state index contributed by atoms with van der Waals surface area (Å²) in [5.74, 6) is 0.0741.